The first-order chi connectivity index (χ1) is 11.6. The topological polar surface area (TPSA) is 64.6 Å². The number of rotatable bonds is 4. The second kappa shape index (κ2) is 6.97. The Balaban J connectivity index is 1.98. The van der Waals surface area contributed by atoms with Crippen LogP contribution in [0.25, 0.3) is 11.3 Å². The molecule has 24 heavy (non-hydrogen) atoms. The third kappa shape index (κ3) is 3.23. The number of methoxy groups -OCH3 is 1. The summed E-state index contributed by atoms with van der Waals surface area (Å²) in [6, 6.07) is 5.73. The van der Waals surface area contributed by atoms with Crippen LogP contribution >= 0.6 is 0 Å². The van der Waals surface area contributed by atoms with Crippen LogP contribution in [0.15, 0.2) is 30.6 Å². The fourth-order valence-corrected chi connectivity index (χ4v) is 3.13. The maximum Gasteiger partial charge on any atom is 0.240 e. The van der Waals surface area contributed by atoms with Crippen molar-refractivity contribution in [2.75, 3.05) is 25.1 Å². The van der Waals surface area contributed by atoms with Crippen molar-refractivity contribution >= 4 is 12.0 Å². The molecule has 0 saturated carbocycles. The molecule has 2 atom stereocenters. The Morgan fingerprint density at radius 3 is 2.58 bits per heavy atom. The van der Waals surface area contributed by atoms with Crippen LogP contribution in [0.4, 0.5) is 5.69 Å². The Bertz CT molecular complexity index is 725. The number of anilines is 1. The lowest BCUT2D eigenvalue weighted by Crippen LogP contribution is -2.45. The maximum absolute atomic E-state index is 11.6. The van der Waals surface area contributed by atoms with Gasteiger partial charge in [0.15, 0.2) is 6.29 Å². The Hall–Kier alpha value is -2.47. The van der Waals surface area contributed by atoms with E-state index in [0.717, 1.165) is 30.6 Å². The van der Waals surface area contributed by atoms with Gasteiger partial charge in [0.25, 0.3) is 0 Å². The lowest BCUT2D eigenvalue weighted by molar-refractivity contribution is -0.00525. The number of ether oxygens (including phenoxy) is 2. The van der Waals surface area contributed by atoms with Gasteiger partial charge in [0, 0.05) is 42.3 Å². The molecule has 1 aliphatic rings. The lowest BCUT2D eigenvalue weighted by atomic mass is 10.0. The van der Waals surface area contributed by atoms with Gasteiger partial charge in [-0.25, -0.2) is 9.97 Å². The van der Waals surface area contributed by atoms with Crippen LogP contribution in [0.2, 0.25) is 0 Å². The van der Waals surface area contributed by atoms with Crippen molar-refractivity contribution in [3.63, 3.8) is 0 Å². The number of nitrogens with zero attached hydrogens (tertiary/aromatic N) is 3. The molecule has 6 heteroatoms. The van der Waals surface area contributed by atoms with E-state index in [0.29, 0.717) is 17.1 Å². The molecule has 3 rings (SSSR count). The van der Waals surface area contributed by atoms with Gasteiger partial charge in [-0.1, -0.05) is 6.07 Å². The van der Waals surface area contributed by atoms with E-state index < -0.39 is 0 Å². The average molecular weight is 327 g/mol. The van der Waals surface area contributed by atoms with Crippen LogP contribution in [0.3, 0.4) is 0 Å². The molecule has 0 spiro atoms. The molecule has 126 valence electrons. The molecule has 1 fully saturated rings. The number of carbonyl (C=O) groups excluding carboxylic acids is 1. The lowest BCUT2D eigenvalue weighted by Gasteiger charge is -2.37. The smallest absolute Gasteiger partial charge is 0.240 e. The van der Waals surface area contributed by atoms with Gasteiger partial charge in [-0.05, 0) is 26.0 Å². The molecule has 0 bridgehead atoms. The number of aldehydes is 1. The molecule has 2 unspecified atom stereocenters. The van der Waals surface area contributed by atoms with Gasteiger partial charge < -0.3 is 14.4 Å². The number of carbonyl (C=O) groups is 1. The standard InChI is InChI=1S/C18H21N3O3/c1-12-9-21(10-13(2)24-12)16-5-4-14(8-15(16)11-22)17-18(23-3)20-7-6-19-17/h4-8,11-13H,9-10H2,1-3H3. The Morgan fingerprint density at radius 2 is 1.92 bits per heavy atom. The van der Waals surface area contributed by atoms with E-state index in [1.54, 1.807) is 19.5 Å². The van der Waals surface area contributed by atoms with Crippen molar-refractivity contribution in [1.82, 2.24) is 9.97 Å². The fraction of sp³-hybridized carbons (Fsp3) is 0.389. The molecule has 1 aromatic carbocycles. The fourth-order valence-electron chi connectivity index (χ4n) is 3.13. The van der Waals surface area contributed by atoms with E-state index in [4.69, 9.17) is 9.47 Å². The number of hydrogen-bond acceptors (Lipinski definition) is 6. The van der Waals surface area contributed by atoms with Gasteiger partial charge in [0.05, 0.1) is 19.3 Å². The number of hydrogen-bond donors (Lipinski definition) is 0. The van der Waals surface area contributed by atoms with Crippen LogP contribution in [0.5, 0.6) is 5.88 Å². The third-order valence-electron chi connectivity index (χ3n) is 4.05. The molecule has 2 aromatic rings. The van der Waals surface area contributed by atoms with Crippen molar-refractivity contribution in [3.05, 3.63) is 36.2 Å². The van der Waals surface area contributed by atoms with Gasteiger partial charge in [-0.15, -0.1) is 0 Å². The Morgan fingerprint density at radius 1 is 1.21 bits per heavy atom. The third-order valence-corrected chi connectivity index (χ3v) is 4.05. The highest BCUT2D eigenvalue weighted by Gasteiger charge is 2.24. The van der Waals surface area contributed by atoms with Crippen molar-refractivity contribution < 1.29 is 14.3 Å². The second-order valence-corrected chi connectivity index (χ2v) is 5.97. The van der Waals surface area contributed by atoms with Crippen molar-refractivity contribution in [3.8, 4) is 17.1 Å². The van der Waals surface area contributed by atoms with E-state index in [1.807, 2.05) is 32.0 Å². The number of aromatic nitrogens is 2. The van der Waals surface area contributed by atoms with Gasteiger partial charge in [-0.2, -0.15) is 0 Å². The Kier molecular flexibility index (Phi) is 4.76. The minimum absolute atomic E-state index is 0.132. The quantitative estimate of drug-likeness (QED) is 0.804. The number of benzene rings is 1. The van der Waals surface area contributed by atoms with Crippen molar-refractivity contribution in [2.45, 2.75) is 26.1 Å². The summed E-state index contributed by atoms with van der Waals surface area (Å²) in [7, 11) is 1.55. The van der Waals surface area contributed by atoms with Crippen LogP contribution in [0, 0.1) is 0 Å². The number of morpholine rings is 1. The monoisotopic (exact) mass is 327 g/mol. The van der Waals surface area contributed by atoms with Crippen LogP contribution < -0.4 is 9.64 Å². The maximum atomic E-state index is 11.6. The summed E-state index contributed by atoms with van der Waals surface area (Å²) in [6.45, 7) is 5.61. The normalized spacial score (nSPS) is 20.7. The van der Waals surface area contributed by atoms with Crippen LogP contribution in [-0.4, -0.2) is 48.7 Å². The highest BCUT2D eigenvalue weighted by molar-refractivity contribution is 5.87. The highest BCUT2D eigenvalue weighted by atomic mass is 16.5. The van der Waals surface area contributed by atoms with E-state index >= 15 is 0 Å². The van der Waals surface area contributed by atoms with Crippen LogP contribution in [0.1, 0.15) is 24.2 Å². The van der Waals surface area contributed by atoms with Crippen LogP contribution in [-0.2, 0) is 4.74 Å². The summed E-state index contributed by atoms with van der Waals surface area (Å²) >= 11 is 0. The van der Waals surface area contributed by atoms with Gasteiger partial charge >= 0.3 is 0 Å². The minimum Gasteiger partial charge on any atom is -0.479 e. The molecule has 0 radical (unpaired) electrons. The predicted molar refractivity (Wildman–Crippen MR) is 91.6 cm³/mol. The molecule has 2 heterocycles. The molecule has 0 amide bonds. The molecule has 1 aromatic heterocycles. The first-order valence-corrected chi connectivity index (χ1v) is 7.97. The van der Waals surface area contributed by atoms with Crippen molar-refractivity contribution in [2.24, 2.45) is 0 Å². The summed E-state index contributed by atoms with van der Waals surface area (Å²) in [5, 5.41) is 0. The average Bonchev–Trinajstić information content (AvgIpc) is 2.60. The minimum atomic E-state index is 0.132. The largest absolute Gasteiger partial charge is 0.479 e. The predicted octanol–water partition coefficient (Wildman–Crippen LogP) is 2.58. The molecule has 0 aliphatic carbocycles. The molecular weight excluding hydrogens is 306 g/mol. The summed E-state index contributed by atoms with van der Waals surface area (Å²) in [6.07, 6.45) is 4.33. The van der Waals surface area contributed by atoms with Gasteiger partial charge in [0.1, 0.15) is 5.69 Å². The SMILES string of the molecule is COc1nccnc1-c1ccc(N2CC(C)OC(C)C2)c(C=O)c1. The summed E-state index contributed by atoms with van der Waals surface area (Å²) in [4.78, 5) is 22.3. The Labute approximate surface area is 141 Å². The van der Waals surface area contributed by atoms with Crippen molar-refractivity contribution in [1.29, 1.82) is 0 Å². The molecule has 1 aliphatic heterocycles. The highest BCUT2D eigenvalue weighted by Crippen LogP contribution is 2.31. The van der Waals surface area contributed by atoms with Gasteiger partial charge in [-0.3, -0.25) is 4.79 Å². The summed E-state index contributed by atoms with van der Waals surface area (Å²) in [5.41, 5.74) is 2.97. The second-order valence-electron chi connectivity index (χ2n) is 5.97. The molecular formula is C18H21N3O3. The molecule has 1 saturated heterocycles. The summed E-state index contributed by atoms with van der Waals surface area (Å²) in [5.74, 6) is 0.440. The van der Waals surface area contributed by atoms with Gasteiger partial charge in [0.2, 0.25) is 5.88 Å². The van der Waals surface area contributed by atoms with E-state index in [9.17, 15) is 4.79 Å². The zero-order chi connectivity index (χ0) is 17.1. The van der Waals surface area contributed by atoms with E-state index in [1.165, 1.54) is 0 Å². The molecule has 6 nitrogen and oxygen atoms in total. The first kappa shape index (κ1) is 16.4. The summed E-state index contributed by atoms with van der Waals surface area (Å²) < 4.78 is 11.0. The first-order valence-electron chi connectivity index (χ1n) is 7.97. The zero-order valence-electron chi connectivity index (χ0n) is 14.1. The van der Waals surface area contributed by atoms with E-state index in [2.05, 4.69) is 14.9 Å². The molecule has 0 N–H and O–H groups in total. The van der Waals surface area contributed by atoms with E-state index in [-0.39, 0.29) is 12.2 Å². The zero-order valence-corrected chi connectivity index (χ0v) is 14.1.